The minimum Gasteiger partial charge on any atom is -0.452 e. The van der Waals surface area contributed by atoms with Crippen molar-refractivity contribution < 1.29 is 18.8 Å². The van der Waals surface area contributed by atoms with Crippen LogP contribution in [0.1, 0.15) is 22.5 Å². The summed E-state index contributed by atoms with van der Waals surface area (Å²) in [5.74, 6) is -0.863. The fraction of sp³-hybridized carbons (Fsp3) is 0.294. The van der Waals surface area contributed by atoms with Crippen LogP contribution in [0.4, 0.5) is 0 Å². The van der Waals surface area contributed by atoms with Crippen LogP contribution in [0, 0.1) is 18.3 Å². The standard InChI is InChI=1S/C17H16ClN3O4/c1-11-15(16(20-25-11)12-6-3-4-7-13(12)18)17(23)24-10-14(22)21(2)9-5-8-19/h3-4,6-7H,5,9-10H2,1-2H3. The molecular formula is C17H16ClN3O4. The molecule has 25 heavy (non-hydrogen) atoms. The highest BCUT2D eigenvalue weighted by molar-refractivity contribution is 6.33. The fourth-order valence-electron chi connectivity index (χ4n) is 2.10. The normalized spacial score (nSPS) is 10.2. The van der Waals surface area contributed by atoms with Crippen LogP contribution in [-0.2, 0) is 9.53 Å². The monoisotopic (exact) mass is 361 g/mol. The quantitative estimate of drug-likeness (QED) is 0.734. The number of esters is 1. The number of nitriles is 1. The second-order valence-electron chi connectivity index (χ2n) is 5.24. The molecule has 0 radical (unpaired) electrons. The Morgan fingerprint density at radius 3 is 2.80 bits per heavy atom. The Bertz CT molecular complexity index is 826. The van der Waals surface area contributed by atoms with Crippen molar-refractivity contribution in [1.29, 1.82) is 5.26 Å². The Morgan fingerprint density at radius 2 is 2.12 bits per heavy atom. The highest BCUT2D eigenvalue weighted by atomic mass is 35.5. The van der Waals surface area contributed by atoms with E-state index in [9.17, 15) is 9.59 Å². The van der Waals surface area contributed by atoms with Crippen molar-refractivity contribution in [2.24, 2.45) is 0 Å². The number of hydrogen-bond acceptors (Lipinski definition) is 6. The van der Waals surface area contributed by atoms with Crippen molar-refractivity contribution in [2.75, 3.05) is 20.2 Å². The molecule has 0 unspecified atom stereocenters. The molecule has 1 aromatic heterocycles. The number of halogens is 1. The van der Waals surface area contributed by atoms with Gasteiger partial charge in [0.2, 0.25) is 0 Å². The predicted molar refractivity (Wildman–Crippen MR) is 89.8 cm³/mol. The molecule has 1 aromatic carbocycles. The number of likely N-dealkylation sites (N-methyl/N-ethyl adjacent to an activating group) is 1. The van der Waals surface area contributed by atoms with E-state index in [1.54, 1.807) is 31.2 Å². The van der Waals surface area contributed by atoms with Gasteiger partial charge in [-0.25, -0.2) is 4.79 Å². The Morgan fingerprint density at radius 1 is 1.40 bits per heavy atom. The van der Waals surface area contributed by atoms with Crippen molar-refractivity contribution in [3.63, 3.8) is 0 Å². The van der Waals surface area contributed by atoms with Gasteiger partial charge in [-0.1, -0.05) is 35.0 Å². The smallest absolute Gasteiger partial charge is 0.344 e. The summed E-state index contributed by atoms with van der Waals surface area (Å²) in [5.41, 5.74) is 0.921. The lowest BCUT2D eigenvalue weighted by Crippen LogP contribution is -2.32. The van der Waals surface area contributed by atoms with Crippen molar-refractivity contribution >= 4 is 23.5 Å². The maximum absolute atomic E-state index is 12.4. The van der Waals surface area contributed by atoms with Gasteiger partial charge in [0.25, 0.3) is 5.91 Å². The molecule has 0 aliphatic carbocycles. The lowest BCUT2D eigenvalue weighted by atomic mass is 10.1. The van der Waals surface area contributed by atoms with Crippen LogP contribution in [0.15, 0.2) is 28.8 Å². The van der Waals surface area contributed by atoms with Gasteiger partial charge in [0.1, 0.15) is 17.0 Å². The third-order valence-electron chi connectivity index (χ3n) is 3.51. The topological polar surface area (TPSA) is 96.4 Å². The number of carbonyl (C=O) groups excluding carboxylic acids is 2. The average molecular weight is 362 g/mol. The molecule has 2 aromatic rings. The van der Waals surface area contributed by atoms with Gasteiger partial charge in [0, 0.05) is 19.2 Å². The Labute approximate surface area is 149 Å². The first-order valence-corrected chi connectivity index (χ1v) is 7.82. The summed E-state index contributed by atoms with van der Waals surface area (Å²) in [6.45, 7) is 1.40. The largest absolute Gasteiger partial charge is 0.452 e. The van der Waals surface area contributed by atoms with E-state index >= 15 is 0 Å². The molecule has 0 saturated carbocycles. The summed E-state index contributed by atoms with van der Waals surface area (Å²) in [6, 6.07) is 8.83. The van der Waals surface area contributed by atoms with Gasteiger partial charge in [0.15, 0.2) is 6.61 Å². The number of nitrogens with zero attached hydrogens (tertiary/aromatic N) is 3. The first kappa shape index (κ1) is 18.5. The third kappa shape index (κ3) is 4.37. The molecule has 0 spiro atoms. The first-order valence-electron chi connectivity index (χ1n) is 7.45. The molecule has 0 aliphatic heterocycles. The molecule has 0 fully saturated rings. The van der Waals surface area contributed by atoms with Crippen LogP contribution in [-0.4, -0.2) is 42.1 Å². The highest BCUT2D eigenvalue weighted by Crippen LogP contribution is 2.31. The summed E-state index contributed by atoms with van der Waals surface area (Å²) in [5, 5.41) is 12.8. The van der Waals surface area contributed by atoms with Gasteiger partial charge < -0.3 is 14.2 Å². The number of hydrogen-bond donors (Lipinski definition) is 0. The second-order valence-corrected chi connectivity index (χ2v) is 5.65. The number of ether oxygens (including phenoxy) is 1. The van der Waals surface area contributed by atoms with E-state index in [-0.39, 0.29) is 30.0 Å². The Balaban J connectivity index is 2.13. The molecule has 0 aliphatic rings. The van der Waals surface area contributed by atoms with Gasteiger partial charge >= 0.3 is 5.97 Å². The molecule has 0 saturated heterocycles. The molecule has 0 bridgehead atoms. The Hall–Kier alpha value is -2.85. The molecule has 1 heterocycles. The van der Waals surface area contributed by atoms with Gasteiger partial charge in [-0.15, -0.1) is 0 Å². The van der Waals surface area contributed by atoms with Crippen LogP contribution in [0.2, 0.25) is 5.02 Å². The van der Waals surface area contributed by atoms with Crippen molar-refractivity contribution in [3.05, 3.63) is 40.6 Å². The maximum atomic E-state index is 12.4. The molecule has 2 rings (SSSR count). The Kier molecular flexibility index (Phi) is 6.14. The zero-order valence-electron chi connectivity index (χ0n) is 13.8. The van der Waals surface area contributed by atoms with Gasteiger partial charge in [-0.2, -0.15) is 5.26 Å². The van der Waals surface area contributed by atoms with Crippen LogP contribution >= 0.6 is 11.6 Å². The van der Waals surface area contributed by atoms with Crippen LogP contribution < -0.4 is 0 Å². The van der Waals surface area contributed by atoms with E-state index in [4.69, 9.17) is 26.1 Å². The third-order valence-corrected chi connectivity index (χ3v) is 3.84. The second kappa shape index (κ2) is 8.31. The predicted octanol–water partition coefficient (Wildman–Crippen LogP) is 2.83. The lowest BCUT2D eigenvalue weighted by molar-refractivity contribution is -0.133. The molecular weight excluding hydrogens is 346 g/mol. The van der Waals surface area contributed by atoms with Crippen molar-refractivity contribution in [2.45, 2.75) is 13.3 Å². The van der Waals surface area contributed by atoms with E-state index in [1.165, 1.54) is 11.9 Å². The summed E-state index contributed by atoms with van der Waals surface area (Å²) in [6.07, 6.45) is 0.206. The van der Waals surface area contributed by atoms with Crippen LogP contribution in [0.3, 0.4) is 0 Å². The van der Waals surface area contributed by atoms with E-state index in [2.05, 4.69) is 5.16 Å². The van der Waals surface area contributed by atoms with Gasteiger partial charge in [0.05, 0.1) is 17.5 Å². The fourth-order valence-corrected chi connectivity index (χ4v) is 2.33. The van der Waals surface area contributed by atoms with E-state index in [1.807, 2.05) is 6.07 Å². The molecule has 7 nitrogen and oxygen atoms in total. The lowest BCUT2D eigenvalue weighted by Gasteiger charge is -2.15. The SMILES string of the molecule is Cc1onc(-c2ccccc2Cl)c1C(=O)OCC(=O)N(C)CCC#N. The zero-order valence-corrected chi connectivity index (χ0v) is 14.5. The average Bonchev–Trinajstić information content (AvgIpc) is 2.99. The summed E-state index contributed by atoms with van der Waals surface area (Å²) in [4.78, 5) is 25.6. The molecule has 8 heteroatoms. The summed E-state index contributed by atoms with van der Waals surface area (Å²) >= 11 is 6.14. The number of amides is 1. The first-order chi connectivity index (χ1) is 12.0. The van der Waals surface area contributed by atoms with Gasteiger partial charge in [-0.3, -0.25) is 4.79 Å². The van der Waals surface area contributed by atoms with Crippen molar-refractivity contribution in [1.82, 2.24) is 10.1 Å². The molecule has 0 atom stereocenters. The van der Waals surface area contributed by atoms with E-state index < -0.39 is 18.5 Å². The van der Waals surface area contributed by atoms with E-state index in [0.29, 0.717) is 10.6 Å². The van der Waals surface area contributed by atoms with Crippen molar-refractivity contribution in [3.8, 4) is 17.3 Å². The number of aromatic nitrogens is 1. The maximum Gasteiger partial charge on any atom is 0.344 e. The zero-order chi connectivity index (χ0) is 18.4. The molecule has 0 N–H and O–H groups in total. The van der Waals surface area contributed by atoms with Crippen LogP contribution in [0.5, 0.6) is 0 Å². The highest BCUT2D eigenvalue weighted by Gasteiger charge is 2.25. The van der Waals surface area contributed by atoms with Crippen LogP contribution in [0.25, 0.3) is 11.3 Å². The number of aryl methyl sites for hydroxylation is 1. The minimum absolute atomic E-state index is 0.126. The summed E-state index contributed by atoms with van der Waals surface area (Å²) < 4.78 is 10.2. The minimum atomic E-state index is -0.726. The molecule has 1 amide bonds. The number of carbonyl (C=O) groups is 2. The number of benzene rings is 1. The number of rotatable bonds is 6. The molecule has 130 valence electrons. The van der Waals surface area contributed by atoms with Gasteiger partial charge in [-0.05, 0) is 13.0 Å². The summed E-state index contributed by atoms with van der Waals surface area (Å²) in [7, 11) is 1.54. The van der Waals surface area contributed by atoms with E-state index in [0.717, 1.165) is 0 Å².